The molecule has 0 fully saturated rings. The Morgan fingerprint density at radius 2 is 1.47 bits per heavy atom. The summed E-state index contributed by atoms with van der Waals surface area (Å²) in [4.78, 5) is 24.8. The molecule has 1 atom stereocenters. The van der Waals surface area contributed by atoms with Gasteiger partial charge in [-0.3, -0.25) is 9.59 Å². The highest BCUT2D eigenvalue weighted by Gasteiger charge is 2.15. The van der Waals surface area contributed by atoms with Gasteiger partial charge in [0.2, 0.25) is 5.91 Å². The molecule has 8 heteroatoms. The predicted molar refractivity (Wildman–Crippen MR) is 138 cm³/mol. The highest BCUT2D eigenvalue weighted by atomic mass is 35.5. The van der Waals surface area contributed by atoms with Gasteiger partial charge in [-0.15, -0.1) is 11.8 Å². The van der Waals surface area contributed by atoms with Crippen LogP contribution in [0.3, 0.4) is 0 Å². The first-order chi connectivity index (χ1) is 15.3. The van der Waals surface area contributed by atoms with Gasteiger partial charge in [0.05, 0.1) is 5.25 Å². The number of nitrogens with one attached hydrogen (secondary N) is 3. The van der Waals surface area contributed by atoms with Crippen LogP contribution in [0.25, 0.3) is 0 Å². The summed E-state index contributed by atoms with van der Waals surface area (Å²) in [6, 6.07) is 21.8. The highest BCUT2D eigenvalue weighted by molar-refractivity contribution is 8.00. The van der Waals surface area contributed by atoms with E-state index in [9.17, 15) is 9.59 Å². The minimum atomic E-state index is -0.300. The SMILES string of the molecule is CC(=O)c1ccc(NC(=S)Nc2cccc(SC(C)C(=O)Nc3ccc(Cl)cc3)c2)cc1. The van der Waals surface area contributed by atoms with E-state index in [-0.39, 0.29) is 16.9 Å². The summed E-state index contributed by atoms with van der Waals surface area (Å²) in [6.45, 7) is 3.38. The molecule has 3 aromatic rings. The van der Waals surface area contributed by atoms with Crippen molar-refractivity contribution in [3.63, 3.8) is 0 Å². The number of thiocarbonyl (C=S) groups is 1. The monoisotopic (exact) mass is 483 g/mol. The number of hydrogen-bond acceptors (Lipinski definition) is 4. The molecule has 0 aliphatic heterocycles. The number of rotatable bonds is 7. The molecule has 1 amide bonds. The van der Waals surface area contributed by atoms with Crippen molar-refractivity contribution < 1.29 is 9.59 Å². The summed E-state index contributed by atoms with van der Waals surface area (Å²) in [5.74, 6) is -0.0791. The number of amides is 1. The summed E-state index contributed by atoms with van der Waals surface area (Å²) in [7, 11) is 0. The van der Waals surface area contributed by atoms with Crippen molar-refractivity contribution in [2.24, 2.45) is 0 Å². The summed E-state index contributed by atoms with van der Waals surface area (Å²) >= 11 is 12.7. The predicted octanol–water partition coefficient (Wildman–Crippen LogP) is 6.47. The van der Waals surface area contributed by atoms with Crippen LogP contribution in [0.15, 0.2) is 77.7 Å². The molecule has 0 aliphatic rings. The van der Waals surface area contributed by atoms with Crippen LogP contribution >= 0.6 is 35.6 Å². The number of halogens is 1. The van der Waals surface area contributed by atoms with Gasteiger partial charge in [-0.25, -0.2) is 0 Å². The maximum absolute atomic E-state index is 12.5. The zero-order chi connectivity index (χ0) is 23.1. The fraction of sp³-hybridized carbons (Fsp3) is 0.125. The molecule has 164 valence electrons. The highest BCUT2D eigenvalue weighted by Crippen LogP contribution is 2.27. The van der Waals surface area contributed by atoms with Gasteiger partial charge >= 0.3 is 0 Å². The van der Waals surface area contributed by atoms with E-state index >= 15 is 0 Å². The van der Waals surface area contributed by atoms with Gasteiger partial charge in [0.25, 0.3) is 0 Å². The molecule has 0 saturated carbocycles. The van der Waals surface area contributed by atoms with Gasteiger partial charge in [-0.05, 0) is 92.8 Å². The lowest BCUT2D eigenvalue weighted by Gasteiger charge is -2.14. The average molecular weight is 484 g/mol. The van der Waals surface area contributed by atoms with Gasteiger partial charge in [-0.1, -0.05) is 17.7 Å². The molecule has 32 heavy (non-hydrogen) atoms. The van der Waals surface area contributed by atoms with Crippen LogP contribution in [0.4, 0.5) is 17.1 Å². The molecular weight excluding hydrogens is 462 g/mol. The number of thioether (sulfide) groups is 1. The van der Waals surface area contributed by atoms with Crippen LogP contribution in [-0.4, -0.2) is 22.1 Å². The van der Waals surface area contributed by atoms with E-state index in [1.807, 2.05) is 31.2 Å². The van der Waals surface area contributed by atoms with Crippen LogP contribution in [0.5, 0.6) is 0 Å². The first-order valence-electron chi connectivity index (χ1n) is 9.82. The molecule has 3 aromatic carbocycles. The Balaban J connectivity index is 1.55. The zero-order valence-corrected chi connectivity index (χ0v) is 19.9. The first kappa shape index (κ1) is 23.8. The first-order valence-corrected chi connectivity index (χ1v) is 11.5. The van der Waals surface area contributed by atoms with E-state index < -0.39 is 0 Å². The molecule has 1 unspecified atom stereocenters. The maximum Gasteiger partial charge on any atom is 0.237 e. The van der Waals surface area contributed by atoms with Crippen molar-refractivity contribution in [1.82, 2.24) is 0 Å². The zero-order valence-electron chi connectivity index (χ0n) is 17.5. The van der Waals surface area contributed by atoms with E-state index in [1.54, 1.807) is 48.5 Å². The summed E-state index contributed by atoms with van der Waals surface area (Å²) < 4.78 is 0. The van der Waals surface area contributed by atoms with Crippen molar-refractivity contribution in [1.29, 1.82) is 0 Å². The Labute approximate surface area is 201 Å². The van der Waals surface area contributed by atoms with E-state index in [1.165, 1.54) is 18.7 Å². The average Bonchev–Trinajstić information content (AvgIpc) is 2.76. The Morgan fingerprint density at radius 1 is 0.875 bits per heavy atom. The topological polar surface area (TPSA) is 70.2 Å². The van der Waals surface area contributed by atoms with Gasteiger partial charge in [0, 0.05) is 32.5 Å². The molecule has 0 bridgehead atoms. The van der Waals surface area contributed by atoms with E-state index in [0.29, 0.717) is 21.4 Å². The fourth-order valence-corrected chi connectivity index (χ4v) is 4.05. The van der Waals surface area contributed by atoms with E-state index in [2.05, 4.69) is 16.0 Å². The number of ketones is 1. The Kier molecular flexibility index (Phi) is 8.27. The molecule has 0 saturated heterocycles. The van der Waals surface area contributed by atoms with Crippen LogP contribution in [0.2, 0.25) is 5.02 Å². The van der Waals surface area contributed by atoms with E-state index in [4.69, 9.17) is 23.8 Å². The third kappa shape index (κ3) is 7.09. The Morgan fingerprint density at radius 3 is 2.12 bits per heavy atom. The maximum atomic E-state index is 12.5. The second-order valence-corrected chi connectivity index (χ2v) is 9.26. The second-order valence-electron chi connectivity index (χ2n) is 7.00. The lowest BCUT2D eigenvalue weighted by Crippen LogP contribution is -2.22. The van der Waals surface area contributed by atoms with Crippen LogP contribution in [0, 0.1) is 0 Å². The van der Waals surface area contributed by atoms with E-state index in [0.717, 1.165) is 16.3 Å². The number of anilines is 3. The molecule has 0 radical (unpaired) electrons. The van der Waals surface area contributed by atoms with Gasteiger partial charge in [0.15, 0.2) is 10.9 Å². The van der Waals surface area contributed by atoms with Crippen molar-refractivity contribution in [3.05, 3.63) is 83.4 Å². The number of Topliss-reactive ketones (excluding diaryl/α,β-unsaturated/α-hetero) is 1. The molecule has 3 rings (SSSR count). The van der Waals surface area contributed by atoms with Gasteiger partial charge in [-0.2, -0.15) is 0 Å². The minimum Gasteiger partial charge on any atom is -0.332 e. The number of carbonyl (C=O) groups is 2. The molecule has 5 nitrogen and oxygen atoms in total. The van der Waals surface area contributed by atoms with Crippen LogP contribution < -0.4 is 16.0 Å². The molecule has 0 spiro atoms. The standard InChI is InChI=1S/C24H22ClN3O2S2/c1-15(29)17-6-10-20(11-7-17)27-24(31)28-21-4-3-5-22(14-21)32-16(2)23(30)26-19-12-8-18(25)9-13-19/h3-14,16H,1-2H3,(H,26,30)(H2,27,28,31). The Bertz CT molecular complexity index is 1120. The second kappa shape index (κ2) is 11.1. The summed E-state index contributed by atoms with van der Waals surface area (Å²) in [5, 5.41) is 9.87. The molecule has 0 aliphatic carbocycles. The molecular formula is C24H22ClN3O2S2. The lowest BCUT2D eigenvalue weighted by atomic mass is 10.1. The number of benzene rings is 3. The molecule has 0 heterocycles. The summed E-state index contributed by atoms with van der Waals surface area (Å²) in [5.41, 5.74) is 2.94. The normalized spacial score (nSPS) is 11.3. The van der Waals surface area contributed by atoms with Gasteiger partial charge < -0.3 is 16.0 Å². The molecule has 3 N–H and O–H groups in total. The van der Waals surface area contributed by atoms with Crippen molar-refractivity contribution >= 4 is 69.4 Å². The Hall–Kier alpha value is -2.87. The fourth-order valence-electron chi connectivity index (χ4n) is 2.76. The summed E-state index contributed by atoms with van der Waals surface area (Å²) in [6.07, 6.45) is 0. The molecule has 0 aromatic heterocycles. The minimum absolute atomic E-state index is 0.0163. The van der Waals surface area contributed by atoms with Crippen molar-refractivity contribution in [2.45, 2.75) is 24.0 Å². The third-order valence-electron chi connectivity index (χ3n) is 4.44. The number of carbonyl (C=O) groups excluding carboxylic acids is 2. The third-order valence-corrected chi connectivity index (χ3v) is 5.98. The quantitative estimate of drug-likeness (QED) is 0.203. The van der Waals surface area contributed by atoms with Crippen LogP contribution in [-0.2, 0) is 4.79 Å². The van der Waals surface area contributed by atoms with Crippen molar-refractivity contribution in [3.8, 4) is 0 Å². The lowest BCUT2D eigenvalue weighted by molar-refractivity contribution is -0.115. The van der Waals surface area contributed by atoms with Crippen LogP contribution in [0.1, 0.15) is 24.2 Å². The largest absolute Gasteiger partial charge is 0.332 e. The van der Waals surface area contributed by atoms with Crippen molar-refractivity contribution in [2.75, 3.05) is 16.0 Å². The smallest absolute Gasteiger partial charge is 0.237 e. The number of hydrogen-bond donors (Lipinski definition) is 3. The van der Waals surface area contributed by atoms with Gasteiger partial charge in [0.1, 0.15) is 0 Å².